The first-order valence-corrected chi connectivity index (χ1v) is 13.0. The monoisotopic (exact) mass is 538 g/mol. The summed E-state index contributed by atoms with van der Waals surface area (Å²) >= 11 is 12.4. The summed E-state index contributed by atoms with van der Waals surface area (Å²) in [5.74, 6) is -1.74. The molecule has 0 radical (unpaired) electrons. The second-order valence-corrected chi connectivity index (χ2v) is 11.0. The van der Waals surface area contributed by atoms with Crippen LogP contribution >= 0.6 is 23.2 Å². The topological polar surface area (TPSA) is 84.0 Å². The molecule has 3 fully saturated rings. The lowest BCUT2D eigenvalue weighted by molar-refractivity contribution is -0.156. The van der Waals surface area contributed by atoms with Crippen LogP contribution in [0, 0.1) is 35.5 Å². The number of halogens is 2. The van der Waals surface area contributed by atoms with Gasteiger partial charge in [-0.25, -0.2) is 5.01 Å². The van der Waals surface area contributed by atoms with E-state index in [1.807, 2.05) is 0 Å². The maximum Gasteiger partial charge on any atom is 0.275 e. The average Bonchev–Trinajstić information content (AvgIpc) is 3.68. The fraction of sp³-hybridized carbons (Fsp3) is 0.357. The summed E-state index contributed by atoms with van der Waals surface area (Å²) in [5, 5.41) is 2.31. The molecule has 0 N–H and O–H groups in total. The normalized spacial score (nSPS) is 29.6. The van der Waals surface area contributed by atoms with Gasteiger partial charge in [0.1, 0.15) is 11.8 Å². The number of hydrazine groups is 1. The van der Waals surface area contributed by atoms with Gasteiger partial charge in [0.25, 0.3) is 17.7 Å². The van der Waals surface area contributed by atoms with E-state index in [9.17, 15) is 19.2 Å². The lowest BCUT2D eigenvalue weighted by Gasteiger charge is -2.37. The number of nitrogens with zero attached hydrogens (tertiary/aromatic N) is 2. The zero-order chi connectivity index (χ0) is 26.2. The van der Waals surface area contributed by atoms with Crippen molar-refractivity contribution in [1.29, 1.82) is 0 Å². The highest BCUT2D eigenvalue weighted by atomic mass is 35.5. The molecule has 7 rings (SSSR count). The van der Waals surface area contributed by atoms with Crippen molar-refractivity contribution in [3.63, 3.8) is 0 Å². The first kappa shape index (κ1) is 24.2. The Morgan fingerprint density at radius 3 is 2.11 bits per heavy atom. The molecule has 7 nitrogen and oxygen atoms in total. The lowest BCUT2D eigenvalue weighted by atomic mass is 9.63. The number of carbonyl (C=O) groups excluding carboxylic acids is 4. The maximum absolute atomic E-state index is 14.0. The molecule has 1 saturated heterocycles. The molecule has 0 unspecified atom stereocenters. The van der Waals surface area contributed by atoms with Crippen molar-refractivity contribution >= 4 is 46.7 Å². The summed E-state index contributed by atoms with van der Waals surface area (Å²) < 4.78 is 5.17. The van der Waals surface area contributed by atoms with Crippen molar-refractivity contribution < 1.29 is 23.9 Å². The smallest absolute Gasteiger partial charge is 0.275 e. The summed E-state index contributed by atoms with van der Waals surface area (Å²) in [5.41, 5.74) is 0.354. The molecule has 0 spiro atoms. The van der Waals surface area contributed by atoms with E-state index in [1.165, 1.54) is 32.2 Å². The molecule has 2 bridgehead atoms. The van der Waals surface area contributed by atoms with Crippen LogP contribution < -0.4 is 4.74 Å². The van der Waals surface area contributed by atoms with Crippen molar-refractivity contribution in [2.75, 3.05) is 7.11 Å². The number of Topliss-reactive ketones (excluding diaryl/α,β-unsaturated/α-hetero) is 1. The van der Waals surface area contributed by atoms with Gasteiger partial charge >= 0.3 is 0 Å². The van der Waals surface area contributed by atoms with E-state index in [0.717, 1.165) is 16.4 Å². The highest BCUT2D eigenvalue weighted by Gasteiger charge is 2.68. The van der Waals surface area contributed by atoms with Crippen LogP contribution in [-0.2, 0) is 9.59 Å². The predicted molar refractivity (Wildman–Crippen MR) is 136 cm³/mol. The number of hydrogen-bond acceptors (Lipinski definition) is 5. The SMILES string of the molecule is COc1ccc(C(=O)[C@H](C)N(C(=O)c2ccc(Cl)cc2Cl)N2C(=O)[C@@H]3[C@H]4C=C[C@@H]([C@@H]5C[C@@H]45)[C@H]3C2=O)cc1. The fourth-order valence-corrected chi connectivity index (χ4v) is 6.98. The Hall–Kier alpha value is -3.16. The zero-order valence-corrected chi connectivity index (χ0v) is 21.6. The summed E-state index contributed by atoms with van der Waals surface area (Å²) in [4.78, 5) is 55.3. The summed E-state index contributed by atoms with van der Waals surface area (Å²) in [6.07, 6.45) is 5.14. The van der Waals surface area contributed by atoms with Gasteiger partial charge in [-0.05, 0) is 79.5 Å². The van der Waals surface area contributed by atoms with Crippen LogP contribution in [0.1, 0.15) is 34.1 Å². The van der Waals surface area contributed by atoms with Crippen molar-refractivity contribution in [1.82, 2.24) is 10.0 Å². The van der Waals surface area contributed by atoms with E-state index in [2.05, 4.69) is 12.2 Å². The standard InChI is InChI=1S/C28H24Cl2N2O5/c1-13(25(33)14-3-6-16(37-2)7-4-14)31(26(34)19-8-5-15(29)11-22(19)30)32-27(35)23-17-9-10-18(21-12-20(17)21)24(23)28(32)36/h3-11,13,17-18,20-21,23-24H,12H2,1-2H3/t13-,17-,18-,20-,21-,23+,24+/m0/s1. The van der Waals surface area contributed by atoms with Gasteiger partial charge < -0.3 is 4.74 Å². The maximum atomic E-state index is 14.0. The minimum absolute atomic E-state index is 0.0230. The third-order valence-electron chi connectivity index (χ3n) is 8.35. The molecule has 2 saturated carbocycles. The second kappa shape index (κ2) is 8.71. The Kier molecular flexibility index (Phi) is 5.69. The lowest BCUT2D eigenvalue weighted by Crippen LogP contribution is -2.56. The van der Waals surface area contributed by atoms with E-state index < -0.39 is 41.4 Å². The summed E-state index contributed by atoms with van der Waals surface area (Å²) in [6, 6.07) is 9.62. The zero-order valence-electron chi connectivity index (χ0n) is 20.1. The Bertz CT molecular complexity index is 1340. The minimum atomic E-state index is -1.17. The Labute approximate surface area is 223 Å². The molecule has 190 valence electrons. The number of benzene rings is 2. The molecule has 0 aromatic heterocycles. The number of hydrogen-bond donors (Lipinski definition) is 0. The fourth-order valence-electron chi connectivity index (χ4n) is 6.49. The molecule has 37 heavy (non-hydrogen) atoms. The second-order valence-electron chi connectivity index (χ2n) is 10.2. The van der Waals surface area contributed by atoms with Crippen LogP contribution in [0.25, 0.3) is 0 Å². The van der Waals surface area contributed by atoms with Crippen LogP contribution in [0.15, 0.2) is 54.6 Å². The number of amides is 3. The highest BCUT2D eigenvalue weighted by Crippen LogP contribution is 2.65. The number of allylic oxidation sites excluding steroid dienone is 2. The van der Waals surface area contributed by atoms with Crippen molar-refractivity contribution in [3.8, 4) is 5.75 Å². The minimum Gasteiger partial charge on any atom is -0.497 e. The number of imide groups is 1. The first-order valence-electron chi connectivity index (χ1n) is 12.3. The van der Waals surface area contributed by atoms with E-state index >= 15 is 0 Å². The molecule has 2 aromatic carbocycles. The molecule has 1 aliphatic heterocycles. The number of methoxy groups -OCH3 is 1. The molecule has 7 atom stereocenters. The van der Waals surface area contributed by atoms with Crippen LogP contribution in [-0.4, -0.2) is 46.7 Å². The largest absolute Gasteiger partial charge is 0.497 e. The van der Waals surface area contributed by atoms with E-state index in [1.54, 1.807) is 24.3 Å². The van der Waals surface area contributed by atoms with Crippen molar-refractivity contribution in [2.45, 2.75) is 19.4 Å². The van der Waals surface area contributed by atoms with Crippen molar-refractivity contribution in [3.05, 3.63) is 75.8 Å². The van der Waals surface area contributed by atoms with Gasteiger partial charge in [-0.1, -0.05) is 35.4 Å². The van der Waals surface area contributed by atoms with Crippen LogP contribution in [0.2, 0.25) is 10.0 Å². The van der Waals surface area contributed by atoms with Gasteiger partial charge in [0.2, 0.25) is 0 Å². The van der Waals surface area contributed by atoms with E-state index in [0.29, 0.717) is 28.2 Å². The third-order valence-corrected chi connectivity index (χ3v) is 8.89. The van der Waals surface area contributed by atoms with Gasteiger partial charge in [0, 0.05) is 10.6 Å². The Morgan fingerprint density at radius 2 is 1.57 bits per heavy atom. The molecular formula is C28H24Cl2N2O5. The molecule has 5 aliphatic rings. The Morgan fingerprint density at radius 1 is 0.973 bits per heavy atom. The average molecular weight is 539 g/mol. The summed E-state index contributed by atoms with van der Waals surface area (Å²) in [6.45, 7) is 1.52. The van der Waals surface area contributed by atoms with Gasteiger partial charge in [-0.2, -0.15) is 5.01 Å². The third kappa shape index (κ3) is 3.62. The van der Waals surface area contributed by atoms with Gasteiger partial charge in [-0.3, -0.25) is 19.2 Å². The van der Waals surface area contributed by atoms with E-state index in [-0.39, 0.29) is 22.4 Å². The van der Waals surface area contributed by atoms with Crippen LogP contribution in [0.3, 0.4) is 0 Å². The number of ketones is 1. The first-order chi connectivity index (χ1) is 17.7. The van der Waals surface area contributed by atoms with E-state index in [4.69, 9.17) is 27.9 Å². The summed E-state index contributed by atoms with van der Waals surface area (Å²) in [7, 11) is 1.52. The number of carbonyl (C=O) groups is 4. The number of ether oxygens (including phenoxy) is 1. The number of rotatable bonds is 6. The van der Waals surface area contributed by atoms with Gasteiger partial charge in [0.15, 0.2) is 5.78 Å². The molecular weight excluding hydrogens is 515 g/mol. The molecule has 1 heterocycles. The predicted octanol–water partition coefficient (Wildman–Crippen LogP) is 4.68. The molecule has 3 amide bonds. The molecule has 4 aliphatic carbocycles. The van der Waals surface area contributed by atoms with Crippen LogP contribution in [0.5, 0.6) is 5.75 Å². The van der Waals surface area contributed by atoms with Gasteiger partial charge in [0.05, 0.1) is 29.5 Å². The van der Waals surface area contributed by atoms with Crippen LogP contribution in [0.4, 0.5) is 0 Å². The van der Waals surface area contributed by atoms with Crippen molar-refractivity contribution in [2.24, 2.45) is 35.5 Å². The quantitative estimate of drug-likeness (QED) is 0.302. The van der Waals surface area contributed by atoms with Gasteiger partial charge in [-0.15, -0.1) is 0 Å². The Balaban J connectivity index is 1.40. The molecule has 9 heteroatoms. The molecule has 2 aromatic rings. The highest BCUT2D eigenvalue weighted by molar-refractivity contribution is 6.36.